The number of rotatable bonds is 5. The summed E-state index contributed by atoms with van der Waals surface area (Å²) in [5.41, 5.74) is 1.01. The highest BCUT2D eigenvalue weighted by atomic mass is 16.4. The molecule has 134 valence electrons. The third-order valence-electron chi connectivity index (χ3n) is 3.78. The number of hydrogen-bond donors (Lipinski definition) is 3. The highest BCUT2D eigenvalue weighted by Gasteiger charge is 2.14. The maximum Gasteiger partial charge on any atom is 0.330 e. The summed E-state index contributed by atoms with van der Waals surface area (Å²) in [6.07, 6.45) is 2.54. The van der Waals surface area contributed by atoms with Crippen molar-refractivity contribution in [2.75, 3.05) is 0 Å². The van der Waals surface area contributed by atoms with Crippen LogP contribution in [0.15, 0.2) is 39.9 Å². The number of imidazole rings is 1. The van der Waals surface area contributed by atoms with Crippen LogP contribution in [-0.2, 0) is 11.3 Å². The molecule has 2 heterocycles. The van der Waals surface area contributed by atoms with Crippen LogP contribution >= 0.6 is 0 Å². The molecule has 0 bridgehead atoms. The van der Waals surface area contributed by atoms with Gasteiger partial charge >= 0.3 is 11.7 Å². The molecule has 0 radical (unpaired) electrons. The lowest BCUT2D eigenvalue weighted by atomic mass is 10.1. The Morgan fingerprint density at radius 1 is 1.23 bits per heavy atom. The van der Waals surface area contributed by atoms with Gasteiger partial charge in [-0.25, -0.2) is 14.6 Å². The Bertz CT molecular complexity index is 1100. The van der Waals surface area contributed by atoms with Gasteiger partial charge in [-0.05, 0) is 17.6 Å². The van der Waals surface area contributed by atoms with E-state index in [-0.39, 0.29) is 11.4 Å². The number of benzene rings is 1. The highest BCUT2D eigenvalue weighted by molar-refractivity contribution is 5.85. The molecule has 0 amide bonds. The van der Waals surface area contributed by atoms with Gasteiger partial charge in [0.2, 0.25) is 0 Å². The Balaban J connectivity index is 2.06. The molecule has 3 aromatic rings. The number of carboxylic acids is 1. The fourth-order valence-electron chi connectivity index (χ4n) is 2.63. The van der Waals surface area contributed by atoms with Gasteiger partial charge < -0.3 is 10.1 Å². The molecule has 3 N–H and O–H groups in total. The van der Waals surface area contributed by atoms with Gasteiger partial charge in [0.05, 0.1) is 0 Å². The average Bonchev–Trinajstić information content (AvgIpc) is 3.03. The first-order valence-corrected chi connectivity index (χ1v) is 8.09. The SMILES string of the molecule is CC(C)Cn1c(=O)[nH]c(=O)c2[nH]c(-c3ccc(/C=C/C(=O)O)cc3)nc21. The molecule has 8 heteroatoms. The minimum atomic E-state index is -1.02. The van der Waals surface area contributed by atoms with Gasteiger partial charge in [-0.1, -0.05) is 38.1 Å². The molecular weight excluding hydrogens is 336 g/mol. The topological polar surface area (TPSA) is 121 Å². The first-order chi connectivity index (χ1) is 12.3. The molecule has 2 aromatic heterocycles. The Hall–Kier alpha value is -3.42. The van der Waals surface area contributed by atoms with E-state index < -0.39 is 17.2 Å². The minimum Gasteiger partial charge on any atom is -0.478 e. The van der Waals surface area contributed by atoms with Gasteiger partial charge in [0.1, 0.15) is 11.3 Å². The van der Waals surface area contributed by atoms with E-state index in [9.17, 15) is 14.4 Å². The summed E-state index contributed by atoms with van der Waals surface area (Å²) >= 11 is 0. The van der Waals surface area contributed by atoms with Crippen molar-refractivity contribution in [3.63, 3.8) is 0 Å². The molecule has 3 rings (SSSR count). The zero-order valence-electron chi connectivity index (χ0n) is 14.3. The van der Waals surface area contributed by atoms with Crippen molar-refractivity contribution < 1.29 is 9.90 Å². The lowest BCUT2D eigenvalue weighted by molar-refractivity contribution is -0.131. The van der Waals surface area contributed by atoms with Crippen LogP contribution in [0.25, 0.3) is 28.6 Å². The second kappa shape index (κ2) is 6.83. The molecule has 0 aliphatic carbocycles. The van der Waals surface area contributed by atoms with Crippen molar-refractivity contribution in [1.29, 1.82) is 0 Å². The first kappa shape index (κ1) is 17.4. The predicted octanol–water partition coefficient (Wildman–Crippen LogP) is 1.83. The van der Waals surface area contributed by atoms with E-state index in [1.165, 1.54) is 10.6 Å². The molecular formula is C18H18N4O4. The quantitative estimate of drug-likeness (QED) is 0.604. The van der Waals surface area contributed by atoms with Crippen molar-refractivity contribution in [2.24, 2.45) is 5.92 Å². The summed E-state index contributed by atoms with van der Waals surface area (Å²) in [4.78, 5) is 44.5. The molecule has 26 heavy (non-hydrogen) atoms. The first-order valence-electron chi connectivity index (χ1n) is 8.09. The number of fused-ring (bicyclic) bond motifs is 1. The van der Waals surface area contributed by atoms with E-state index in [1.54, 1.807) is 24.3 Å². The van der Waals surface area contributed by atoms with Gasteiger partial charge in [0.25, 0.3) is 5.56 Å². The third-order valence-corrected chi connectivity index (χ3v) is 3.78. The Kier molecular flexibility index (Phi) is 4.57. The maximum absolute atomic E-state index is 12.1. The normalized spacial score (nSPS) is 11.7. The standard InChI is InChI=1S/C18H18N4O4/c1-10(2)9-22-16-14(17(25)21-18(22)26)19-15(20-16)12-6-3-11(4-7-12)5-8-13(23)24/h3-8,10H,9H2,1-2H3,(H,19,20)(H,23,24)(H,21,25,26)/b8-5+. The predicted molar refractivity (Wildman–Crippen MR) is 97.9 cm³/mol. The summed E-state index contributed by atoms with van der Waals surface area (Å²) in [7, 11) is 0. The van der Waals surface area contributed by atoms with E-state index in [2.05, 4.69) is 15.0 Å². The highest BCUT2D eigenvalue weighted by Crippen LogP contribution is 2.19. The Labute approximate surface area is 147 Å². The van der Waals surface area contributed by atoms with Crippen LogP contribution in [0.3, 0.4) is 0 Å². The molecule has 8 nitrogen and oxygen atoms in total. The van der Waals surface area contributed by atoms with E-state index in [4.69, 9.17) is 5.11 Å². The van der Waals surface area contributed by atoms with Crippen LogP contribution < -0.4 is 11.2 Å². The molecule has 1 aromatic carbocycles. The number of aliphatic carboxylic acids is 1. The number of carboxylic acid groups (broad SMARTS) is 1. The molecule has 0 saturated carbocycles. The van der Waals surface area contributed by atoms with E-state index in [0.717, 1.165) is 17.2 Å². The van der Waals surface area contributed by atoms with Gasteiger partial charge in [0.15, 0.2) is 5.65 Å². The number of carbonyl (C=O) groups is 1. The van der Waals surface area contributed by atoms with Crippen LogP contribution in [0.4, 0.5) is 0 Å². The smallest absolute Gasteiger partial charge is 0.330 e. The van der Waals surface area contributed by atoms with Gasteiger partial charge in [-0.2, -0.15) is 0 Å². The van der Waals surface area contributed by atoms with Crippen LogP contribution in [0.1, 0.15) is 19.4 Å². The fourth-order valence-corrected chi connectivity index (χ4v) is 2.63. The summed E-state index contributed by atoms with van der Waals surface area (Å²) in [5.74, 6) is -0.349. The molecule has 0 spiro atoms. The van der Waals surface area contributed by atoms with Gasteiger partial charge in [0, 0.05) is 18.2 Å². The zero-order valence-corrected chi connectivity index (χ0v) is 14.3. The number of nitrogens with zero attached hydrogens (tertiary/aromatic N) is 2. The molecule has 0 fully saturated rings. The maximum atomic E-state index is 12.1. The number of nitrogens with one attached hydrogen (secondary N) is 2. The number of H-pyrrole nitrogens is 2. The number of aromatic nitrogens is 4. The van der Waals surface area contributed by atoms with E-state index in [0.29, 0.717) is 18.0 Å². The Morgan fingerprint density at radius 2 is 1.92 bits per heavy atom. The van der Waals surface area contributed by atoms with Crippen molar-refractivity contribution in [2.45, 2.75) is 20.4 Å². The third kappa shape index (κ3) is 3.49. The van der Waals surface area contributed by atoms with Crippen molar-refractivity contribution in [1.82, 2.24) is 19.5 Å². The van der Waals surface area contributed by atoms with Crippen molar-refractivity contribution >= 4 is 23.2 Å². The Morgan fingerprint density at radius 3 is 2.54 bits per heavy atom. The fraction of sp³-hybridized carbons (Fsp3) is 0.222. The summed E-state index contributed by atoms with van der Waals surface area (Å²) in [5, 5.41) is 8.66. The molecule has 0 aliphatic rings. The van der Waals surface area contributed by atoms with Crippen LogP contribution in [0, 0.1) is 5.92 Å². The summed E-state index contributed by atoms with van der Waals surface area (Å²) in [6.45, 7) is 4.38. The molecule has 0 aliphatic heterocycles. The largest absolute Gasteiger partial charge is 0.478 e. The number of aromatic amines is 2. The van der Waals surface area contributed by atoms with Crippen LogP contribution in [0.2, 0.25) is 0 Å². The summed E-state index contributed by atoms with van der Waals surface area (Å²) in [6, 6.07) is 7.01. The van der Waals surface area contributed by atoms with Crippen molar-refractivity contribution in [3.8, 4) is 11.4 Å². The molecule has 0 saturated heterocycles. The van der Waals surface area contributed by atoms with Crippen LogP contribution in [-0.4, -0.2) is 30.6 Å². The second-order valence-electron chi connectivity index (χ2n) is 6.34. The van der Waals surface area contributed by atoms with E-state index in [1.807, 2.05) is 13.8 Å². The zero-order chi connectivity index (χ0) is 18.8. The average molecular weight is 354 g/mol. The van der Waals surface area contributed by atoms with Crippen LogP contribution in [0.5, 0.6) is 0 Å². The van der Waals surface area contributed by atoms with E-state index >= 15 is 0 Å². The van der Waals surface area contributed by atoms with Gasteiger partial charge in [-0.15, -0.1) is 0 Å². The second-order valence-corrected chi connectivity index (χ2v) is 6.34. The minimum absolute atomic E-state index is 0.210. The van der Waals surface area contributed by atoms with Gasteiger partial charge in [-0.3, -0.25) is 14.3 Å². The molecule has 0 unspecified atom stereocenters. The number of hydrogen-bond acceptors (Lipinski definition) is 4. The monoisotopic (exact) mass is 354 g/mol. The lowest BCUT2D eigenvalue weighted by Crippen LogP contribution is -2.31. The molecule has 0 atom stereocenters. The lowest BCUT2D eigenvalue weighted by Gasteiger charge is -2.07. The van der Waals surface area contributed by atoms with Crippen molar-refractivity contribution in [3.05, 3.63) is 56.7 Å². The summed E-state index contributed by atoms with van der Waals surface area (Å²) < 4.78 is 1.45.